The summed E-state index contributed by atoms with van der Waals surface area (Å²) in [6.07, 6.45) is 6.47. The van der Waals surface area contributed by atoms with Gasteiger partial charge in [-0.25, -0.2) is 0 Å². The van der Waals surface area contributed by atoms with Crippen LogP contribution in [0.15, 0.2) is 0 Å². The number of likely N-dealkylation sites (tertiary alicyclic amines) is 1. The largest absolute Gasteiger partial charge is 1.00 e. The van der Waals surface area contributed by atoms with Gasteiger partial charge in [-0.3, -0.25) is 4.79 Å². The van der Waals surface area contributed by atoms with Gasteiger partial charge in [-0.1, -0.05) is 0 Å². The lowest BCUT2D eigenvalue weighted by molar-refractivity contribution is -0.977. The monoisotopic (exact) mass is 438 g/mol. The third-order valence-corrected chi connectivity index (χ3v) is 6.64. The number of carbonyl (C=O) groups is 1. The second kappa shape index (κ2) is 7.14. The molecule has 3 fully saturated rings. The highest BCUT2D eigenvalue weighted by atomic mass is 127. The predicted octanol–water partition coefficient (Wildman–Crippen LogP) is -0.793. The lowest BCUT2D eigenvalue weighted by atomic mass is 9.68. The van der Waals surface area contributed by atoms with E-state index >= 15 is 0 Å². The molecule has 0 aromatic carbocycles. The van der Waals surface area contributed by atoms with E-state index in [1.165, 1.54) is 12.8 Å². The molecule has 0 radical (unpaired) electrons. The van der Waals surface area contributed by atoms with E-state index in [2.05, 4.69) is 14.1 Å². The molecule has 0 aromatic heterocycles. The van der Waals surface area contributed by atoms with Crippen LogP contribution in [0.25, 0.3) is 0 Å². The second-order valence-corrected chi connectivity index (χ2v) is 8.41. The van der Waals surface area contributed by atoms with E-state index in [1.807, 2.05) is 0 Å². The van der Waals surface area contributed by atoms with Gasteiger partial charge < -0.3 is 43.4 Å². The van der Waals surface area contributed by atoms with Crippen molar-refractivity contribution >= 4 is 5.97 Å². The molecule has 3 saturated heterocycles. The van der Waals surface area contributed by atoms with E-state index in [1.54, 1.807) is 0 Å². The Morgan fingerprint density at radius 1 is 1.22 bits per heavy atom. The minimum absolute atomic E-state index is 0. The van der Waals surface area contributed by atoms with E-state index in [0.717, 1.165) is 49.8 Å². The number of carboxylic acids is 1. The Balaban J connectivity index is 0.00000192. The Morgan fingerprint density at radius 3 is 2.52 bits per heavy atom. The van der Waals surface area contributed by atoms with Crippen LogP contribution in [-0.2, 0) is 4.79 Å². The zero-order valence-electron chi connectivity index (χ0n) is 14.4. The van der Waals surface area contributed by atoms with Crippen molar-refractivity contribution in [1.29, 1.82) is 0 Å². The van der Waals surface area contributed by atoms with E-state index in [0.29, 0.717) is 23.9 Å². The van der Waals surface area contributed by atoms with Crippen molar-refractivity contribution in [2.24, 2.45) is 11.8 Å². The Hall–Kier alpha value is 0.0800. The Bertz CT molecular complexity index is 442. The zero-order valence-corrected chi connectivity index (χ0v) is 16.6. The van der Waals surface area contributed by atoms with E-state index in [9.17, 15) is 10.0 Å². The fraction of sp³-hybridized carbons (Fsp3) is 0.941. The number of aliphatic carboxylic acids is 1. The molecule has 23 heavy (non-hydrogen) atoms. The first-order chi connectivity index (χ1) is 10.3. The molecule has 0 amide bonds. The van der Waals surface area contributed by atoms with Gasteiger partial charge in [0.2, 0.25) is 0 Å². The van der Waals surface area contributed by atoms with Crippen molar-refractivity contribution in [3.8, 4) is 0 Å². The minimum Gasteiger partial charge on any atom is -1.00 e. The quantitative estimate of drug-likeness (QED) is 0.356. The van der Waals surface area contributed by atoms with Crippen LogP contribution in [0.1, 0.15) is 44.9 Å². The van der Waals surface area contributed by atoms with Gasteiger partial charge in [-0.2, -0.15) is 0 Å². The molecule has 3 aliphatic rings. The second-order valence-electron chi connectivity index (χ2n) is 8.41. The number of hydroxylamine groups is 3. The van der Waals surface area contributed by atoms with Gasteiger partial charge in [0, 0.05) is 12.8 Å². The van der Waals surface area contributed by atoms with Crippen molar-refractivity contribution in [3.05, 3.63) is 5.21 Å². The van der Waals surface area contributed by atoms with Crippen LogP contribution < -0.4 is 24.0 Å². The number of nitrogens with zero attached hydrogens (tertiary/aromatic N) is 2. The molecule has 6 heteroatoms. The summed E-state index contributed by atoms with van der Waals surface area (Å²) in [5.41, 5.74) is 0. The summed E-state index contributed by atoms with van der Waals surface area (Å²) in [5, 5.41) is 22.2. The van der Waals surface area contributed by atoms with Crippen molar-refractivity contribution in [2.75, 3.05) is 33.7 Å². The number of rotatable bonds is 4. The summed E-state index contributed by atoms with van der Waals surface area (Å²) in [7, 11) is 4.59. The maximum atomic E-state index is 13.3. The van der Waals surface area contributed by atoms with E-state index in [4.69, 9.17) is 5.11 Å². The van der Waals surface area contributed by atoms with E-state index in [-0.39, 0.29) is 35.0 Å². The summed E-state index contributed by atoms with van der Waals surface area (Å²) < 4.78 is 1.04. The molecule has 3 rings (SSSR count). The fourth-order valence-corrected chi connectivity index (χ4v) is 5.95. The van der Waals surface area contributed by atoms with Gasteiger partial charge in [0.05, 0.1) is 51.6 Å². The molecule has 3 heterocycles. The van der Waals surface area contributed by atoms with Crippen LogP contribution in [-0.4, -0.2) is 66.0 Å². The molecule has 1 N–H and O–H groups in total. The molecule has 0 saturated carbocycles. The lowest BCUT2D eigenvalue weighted by Gasteiger charge is -2.64. The van der Waals surface area contributed by atoms with Crippen LogP contribution >= 0.6 is 0 Å². The fourth-order valence-electron chi connectivity index (χ4n) is 5.95. The van der Waals surface area contributed by atoms with Crippen LogP contribution in [0, 0.1) is 17.0 Å². The Morgan fingerprint density at radius 2 is 1.87 bits per heavy atom. The predicted molar refractivity (Wildman–Crippen MR) is 84.8 cm³/mol. The Kier molecular flexibility index (Phi) is 6.02. The first kappa shape index (κ1) is 19.4. The molecule has 3 aliphatic heterocycles. The molecule has 2 unspecified atom stereocenters. The highest BCUT2D eigenvalue weighted by Crippen LogP contribution is 2.48. The number of halogens is 1. The molecular formula is C17H31IN2O3. The topological polar surface area (TPSA) is 60.4 Å². The van der Waals surface area contributed by atoms with Gasteiger partial charge in [-0.15, -0.1) is 0 Å². The molecular weight excluding hydrogens is 407 g/mol. The van der Waals surface area contributed by atoms with Crippen molar-refractivity contribution in [1.82, 2.24) is 0 Å². The lowest BCUT2D eigenvalue weighted by Crippen LogP contribution is -3.00. The van der Waals surface area contributed by atoms with Gasteiger partial charge in [0.15, 0.2) is 0 Å². The van der Waals surface area contributed by atoms with Crippen LogP contribution in [0.3, 0.4) is 0 Å². The molecule has 5 nitrogen and oxygen atoms in total. The van der Waals surface area contributed by atoms with Gasteiger partial charge in [0.25, 0.3) is 0 Å². The number of hydrogen-bond donors (Lipinski definition) is 1. The minimum atomic E-state index is -0.700. The number of hydrogen-bond acceptors (Lipinski definition) is 2. The Labute approximate surface area is 156 Å². The first-order valence-corrected chi connectivity index (χ1v) is 8.96. The number of piperidine rings is 3. The standard InChI is InChI=1S/C17H30N2O3.HI/c1-18(2)12-13-6-4-10-19(22)11-5-7-14(17(13)19)15(18)8-3-9-16(20)21;/h13-15,17H,3-12H2,1-2H3;1H/t13-,14+,15?,17-,19?;/m0./s1. The highest BCUT2D eigenvalue weighted by molar-refractivity contribution is 5.66. The molecule has 5 atom stereocenters. The van der Waals surface area contributed by atoms with Gasteiger partial charge >= 0.3 is 5.97 Å². The SMILES string of the molecule is C[N+]1(C)C[C@@H]2CCC[N+]3([O-])CCC[C@H](C1CCCC(=O)O)[C@H]23.[I-]. The molecule has 134 valence electrons. The summed E-state index contributed by atoms with van der Waals surface area (Å²) in [6.45, 7) is 2.72. The highest BCUT2D eigenvalue weighted by Gasteiger charge is 2.57. The van der Waals surface area contributed by atoms with Crippen molar-refractivity contribution < 1.29 is 43.0 Å². The van der Waals surface area contributed by atoms with Gasteiger partial charge in [0.1, 0.15) is 6.04 Å². The van der Waals surface area contributed by atoms with Crippen LogP contribution in [0.5, 0.6) is 0 Å². The summed E-state index contributed by atoms with van der Waals surface area (Å²) in [4.78, 5) is 10.8. The molecule has 0 spiro atoms. The van der Waals surface area contributed by atoms with E-state index < -0.39 is 5.97 Å². The maximum absolute atomic E-state index is 13.3. The molecule has 0 aromatic rings. The maximum Gasteiger partial charge on any atom is 0.303 e. The molecule has 0 aliphatic carbocycles. The number of quaternary nitrogens is 2. The average Bonchev–Trinajstić information content (AvgIpc) is 2.40. The van der Waals surface area contributed by atoms with Crippen molar-refractivity contribution in [3.63, 3.8) is 0 Å². The van der Waals surface area contributed by atoms with Crippen LogP contribution in [0.2, 0.25) is 0 Å². The summed E-state index contributed by atoms with van der Waals surface area (Å²) in [5.74, 6) is 0.366. The normalized spacial score (nSPS) is 41.5. The summed E-state index contributed by atoms with van der Waals surface area (Å²) >= 11 is 0. The zero-order chi connectivity index (χ0) is 16.0. The third kappa shape index (κ3) is 3.70. The smallest absolute Gasteiger partial charge is 0.303 e. The van der Waals surface area contributed by atoms with Crippen molar-refractivity contribution in [2.45, 2.75) is 57.0 Å². The molecule has 0 bridgehead atoms. The average molecular weight is 438 g/mol. The number of carboxylic acid groups (broad SMARTS) is 1. The summed E-state index contributed by atoms with van der Waals surface area (Å²) in [6, 6.07) is 0.758. The third-order valence-electron chi connectivity index (χ3n) is 6.64. The van der Waals surface area contributed by atoms with Crippen LogP contribution in [0.4, 0.5) is 0 Å². The first-order valence-electron chi connectivity index (χ1n) is 8.96. The van der Waals surface area contributed by atoms with Gasteiger partial charge in [-0.05, 0) is 32.1 Å².